The van der Waals surface area contributed by atoms with E-state index in [2.05, 4.69) is 72.8 Å². The Morgan fingerprint density at radius 2 is 2.05 bits per heavy atom. The first-order valence-electron chi connectivity index (χ1n) is 8.08. The second-order valence-corrected chi connectivity index (χ2v) is 8.22. The van der Waals surface area contributed by atoms with Gasteiger partial charge in [-0.15, -0.1) is 0 Å². The van der Waals surface area contributed by atoms with Crippen LogP contribution in [0.2, 0.25) is 0 Å². The van der Waals surface area contributed by atoms with E-state index in [4.69, 9.17) is 0 Å². The van der Waals surface area contributed by atoms with Crippen LogP contribution in [0.25, 0.3) is 0 Å². The van der Waals surface area contributed by atoms with E-state index in [0.29, 0.717) is 11.5 Å². The number of hydrogen-bond acceptors (Lipinski definition) is 1. The molecule has 2 aliphatic rings. The molecule has 0 amide bonds. The van der Waals surface area contributed by atoms with Crippen molar-refractivity contribution in [1.82, 2.24) is 4.90 Å². The summed E-state index contributed by atoms with van der Waals surface area (Å²) in [5, 5.41) is 0. The minimum atomic E-state index is 0.355. The normalized spacial score (nSPS) is 31.7. The molecule has 1 aromatic rings. The molecule has 3 atom stereocenters. The van der Waals surface area contributed by atoms with Crippen molar-refractivity contribution in [2.24, 2.45) is 5.92 Å². The van der Waals surface area contributed by atoms with Gasteiger partial charge in [-0.05, 0) is 55.7 Å². The van der Waals surface area contributed by atoms with Crippen LogP contribution >= 0.6 is 15.9 Å². The summed E-state index contributed by atoms with van der Waals surface area (Å²) in [6, 6.07) is 9.79. The Bertz CT molecular complexity index is 573. The summed E-state index contributed by atoms with van der Waals surface area (Å²) in [6.07, 6.45) is 2.47. The number of nitrogens with zero attached hydrogens (tertiary/aromatic N) is 1. The molecule has 0 unspecified atom stereocenters. The second-order valence-electron chi connectivity index (χ2n) is 7.26. The number of rotatable bonds is 2. The molecule has 1 saturated heterocycles. The predicted molar refractivity (Wildman–Crippen MR) is 93.9 cm³/mol. The largest absolute Gasteiger partial charge is 0.295 e. The highest BCUT2D eigenvalue weighted by molar-refractivity contribution is 9.11. The van der Waals surface area contributed by atoms with Gasteiger partial charge in [-0.1, -0.05) is 59.6 Å². The molecule has 2 bridgehead atoms. The number of piperidine rings is 1. The molecule has 1 aliphatic heterocycles. The van der Waals surface area contributed by atoms with Crippen LogP contribution in [0.15, 0.2) is 34.3 Å². The van der Waals surface area contributed by atoms with E-state index in [1.165, 1.54) is 29.4 Å². The molecular weight excluding hydrogens is 322 g/mol. The van der Waals surface area contributed by atoms with Gasteiger partial charge in [0.25, 0.3) is 0 Å². The van der Waals surface area contributed by atoms with Crippen LogP contribution < -0.4 is 0 Å². The van der Waals surface area contributed by atoms with E-state index in [1.54, 1.807) is 11.1 Å². The Morgan fingerprint density at radius 3 is 2.76 bits per heavy atom. The molecule has 1 nitrogen and oxygen atoms in total. The van der Waals surface area contributed by atoms with Crippen LogP contribution in [0.5, 0.6) is 0 Å². The molecule has 1 fully saturated rings. The highest BCUT2D eigenvalue weighted by Crippen LogP contribution is 2.48. The van der Waals surface area contributed by atoms with E-state index in [9.17, 15) is 0 Å². The standard InChI is InChI=1S/C19H26BrN/c1-13(2)17(20)12-21-10-9-19(4)14(3)18(21)11-15-7-5-6-8-16(15)19/h5-8,14,18H,9-12H2,1-4H3/t14-,18-,19-/m1/s1. The number of likely N-dealkylation sites (tertiary alicyclic amines) is 1. The first-order chi connectivity index (χ1) is 9.93. The quantitative estimate of drug-likeness (QED) is 0.735. The summed E-state index contributed by atoms with van der Waals surface area (Å²) < 4.78 is 1.36. The maximum absolute atomic E-state index is 3.77. The van der Waals surface area contributed by atoms with Gasteiger partial charge in [-0.2, -0.15) is 0 Å². The van der Waals surface area contributed by atoms with Crippen LogP contribution in [0, 0.1) is 5.92 Å². The summed E-state index contributed by atoms with van der Waals surface area (Å²) in [7, 11) is 0. The fraction of sp³-hybridized carbons (Fsp3) is 0.579. The number of allylic oxidation sites excluding steroid dienone is 1. The topological polar surface area (TPSA) is 3.24 Å². The predicted octanol–water partition coefficient (Wildman–Crippen LogP) is 4.90. The number of hydrogen-bond donors (Lipinski definition) is 0. The van der Waals surface area contributed by atoms with Crippen LogP contribution in [-0.4, -0.2) is 24.0 Å². The Labute approximate surface area is 137 Å². The molecule has 0 saturated carbocycles. The van der Waals surface area contributed by atoms with Gasteiger partial charge in [0, 0.05) is 17.1 Å². The summed E-state index contributed by atoms with van der Waals surface area (Å²) in [5.74, 6) is 0.721. The number of fused-ring (bicyclic) bond motifs is 4. The number of halogens is 1. The third kappa shape index (κ3) is 2.51. The first-order valence-corrected chi connectivity index (χ1v) is 8.87. The van der Waals surface area contributed by atoms with Gasteiger partial charge < -0.3 is 0 Å². The summed E-state index contributed by atoms with van der Waals surface area (Å²) in [4.78, 5) is 2.69. The van der Waals surface area contributed by atoms with Gasteiger partial charge in [-0.25, -0.2) is 0 Å². The second kappa shape index (κ2) is 5.55. The van der Waals surface area contributed by atoms with Crippen LogP contribution in [0.3, 0.4) is 0 Å². The lowest BCUT2D eigenvalue weighted by atomic mass is 9.59. The zero-order valence-electron chi connectivity index (χ0n) is 13.6. The lowest BCUT2D eigenvalue weighted by Gasteiger charge is -2.54. The van der Waals surface area contributed by atoms with Crippen molar-refractivity contribution in [3.05, 3.63) is 45.4 Å². The first kappa shape index (κ1) is 15.3. The SMILES string of the molecule is CC(C)=C(Br)CN1CC[C@@]2(C)c3ccccc3C[C@@H]1[C@H]2C. The third-order valence-corrected chi connectivity index (χ3v) is 6.96. The van der Waals surface area contributed by atoms with Crippen molar-refractivity contribution in [2.75, 3.05) is 13.1 Å². The van der Waals surface area contributed by atoms with Crippen LogP contribution in [0.1, 0.15) is 45.2 Å². The monoisotopic (exact) mass is 347 g/mol. The van der Waals surface area contributed by atoms with Crippen molar-refractivity contribution >= 4 is 15.9 Å². The molecule has 1 aromatic carbocycles. The maximum atomic E-state index is 3.77. The fourth-order valence-electron chi connectivity index (χ4n) is 4.21. The maximum Gasteiger partial charge on any atom is 0.0302 e. The molecule has 0 aromatic heterocycles. The minimum absolute atomic E-state index is 0.355. The van der Waals surface area contributed by atoms with E-state index < -0.39 is 0 Å². The molecule has 1 aliphatic carbocycles. The Morgan fingerprint density at radius 1 is 1.33 bits per heavy atom. The lowest BCUT2D eigenvalue weighted by molar-refractivity contribution is 0.0393. The van der Waals surface area contributed by atoms with Gasteiger partial charge in [0.15, 0.2) is 0 Å². The molecule has 114 valence electrons. The van der Waals surface area contributed by atoms with Crippen molar-refractivity contribution in [3.8, 4) is 0 Å². The molecule has 2 heteroatoms. The zero-order valence-corrected chi connectivity index (χ0v) is 15.2. The van der Waals surface area contributed by atoms with Crippen LogP contribution in [0.4, 0.5) is 0 Å². The molecule has 0 spiro atoms. The van der Waals surface area contributed by atoms with Gasteiger partial charge in [-0.3, -0.25) is 4.90 Å². The van der Waals surface area contributed by atoms with Gasteiger partial charge >= 0.3 is 0 Å². The summed E-state index contributed by atoms with van der Waals surface area (Å²) in [6.45, 7) is 11.6. The fourth-order valence-corrected chi connectivity index (χ4v) is 4.53. The third-order valence-electron chi connectivity index (χ3n) is 5.92. The average molecular weight is 348 g/mol. The molecule has 1 heterocycles. The van der Waals surface area contributed by atoms with Gasteiger partial charge in [0.1, 0.15) is 0 Å². The molecular formula is C19H26BrN. The van der Waals surface area contributed by atoms with Crippen LogP contribution in [-0.2, 0) is 11.8 Å². The van der Waals surface area contributed by atoms with Crippen molar-refractivity contribution in [3.63, 3.8) is 0 Å². The Balaban J connectivity index is 1.94. The molecule has 3 rings (SSSR count). The Hall–Kier alpha value is -0.600. The smallest absolute Gasteiger partial charge is 0.0302 e. The molecule has 0 N–H and O–H groups in total. The van der Waals surface area contributed by atoms with Crippen molar-refractivity contribution in [2.45, 2.75) is 52.0 Å². The van der Waals surface area contributed by atoms with Crippen molar-refractivity contribution in [1.29, 1.82) is 0 Å². The van der Waals surface area contributed by atoms with Crippen molar-refractivity contribution < 1.29 is 0 Å². The summed E-state index contributed by atoms with van der Waals surface area (Å²) in [5.41, 5.74) is 4.93. The summed E-state index contributed by atoms with van der Waals surface area (Å²) >= 11 is 3.77. The molecule has 21 heavy (non-hydrogen) atoms. The highest BCUT2D eigenvalue weighted by atomic mass is 79.9. The van der Waals surface area contributed by atoms with E-state index in [-0.39, 0.29) is 0 Å². The average Bonchev–Trinajstić information content (AvgIpc) is 2.45. The highest BCUT2D eigenvalue weighted by Gasteiger charge is 2.48. The van der Waals surface area contributed by atoms with E-state index >= 15 is 0 Å². The van der Waals surface area contributed by atoms with Gasteiger partial charge in [0.05, 0.1) is 0 Å². The van der Waals surface area contributed by atoms with E-state index in [1.807, 2.05) is 0 Å². The molecule has 0 radical (unpaired) electrons. The minimum Gasteiger partial charge on any atom is -0.295 e. The van der Waals surface area contributed by atoms with E-state index in [0.717, 1.165) is 12.5 Å². The number of benzene rings is 1. The Kier molecular flexibility index (Phi) is 4.04. The lowest BCUT2D eigenvalue weighted by Crippen LogP contribution is -2.58. The zero-order chi connectivity index (χ0) is 15.2. The van der Waals surface area contributed by atoms with Gasteiger partial charge in [0.2, 0.25) is 0 Å².